The van der Waals surface area contributed by atoms with Crippen molar-refractivity contribution >= 4 is 29.1 Å². The molecule has 0 saturated heterocycles. The highest BCUT2D eigenvalue weighted by molar-refractivity contribution is 8.12. The minimum absolute atomic E-state index is 0.136. The Labute approximate surface area is 131 Å². The van der Waals surface area contributed by atoms with Crippen LogP contribution in [-0.4, -0.2) is 40.2 Å². The quantitative estimate of drug-likeness (QED) is 0.789. The predicted octanol–water partition coefficient (Wildman–Crippen LogP) is 2.11. The van der Waals surface area contributed by atoms with Gasteiger partial charge in [0, 0.05) is 18.2 Å². The summed E-state index contributed by atoms with van der Waals surface area (Å²) in [5.41, 5.74) is 0.481. The molecule has 2 N–H and O–H groups in total. The highest BCUT2D eigenvalue weighted by Crippen LogP contribution is 2.29. The van der Waals surface area contributed by atoms with Crippen molar-refractivity contribution < 1.29 is 9.59 Å². The molecule has 6 heteroatoms. The topological polar surface area (TPSA) is 70.6 Å². The maximum absolute atomic E-state index is 12.9. The monoisotopic (exact) mass is 313 g/mol. The minimum atomic E-state index is -0.949. The fourth-order valence-corrected chi connectivity index (χ4v) is 3.29. The van der Waals surface area contributed by atoms with Crippen molar-refractivity contribution in [1.29, 1.82) is 0 Å². The van der Waals surface area contributed by atoms with Crippen molar-refractivity contribution in [2.45, 2.75) is 71.0 Å². The largest absolute Gasteiger partial charge is 0.349 e. The average molecular weight is 313 g/mol. The SMILES string of the molecule is CCCCC(NC(C)=O)(C(=O)NC(C)(C)C)C1CSC=N1. The van der Waals surface area contributed by atoms with Crippen LogP contribution in [0.15, 0.2) is 4.99 Å². The standard InChI is InChI=1S/C15H27N3O2S/c1-6-7-8-15(17-11(2)19,12-9-21-10-16-12)13(20)18-14(3,4)5/h10,12H,6-9H2,1-5H3,(H,17,19)(H,18,20). The van der Waals surface area contributed by atoms with Gasteiger partial charge in [-0.15, -0.1) is 11.8 Å². The van der Waals surface area contributed by atoms with E-state index >= 15 is 0 Å². The van der Waals surface area contributed by atoms with Crippen LogP contribution in [0.4, 0.5) is 0 Å². The lowest BCUT2D eigenvalue weighted by molar-refractivity contribution is -0.135. The number of carbonyl (C=O) groups excluding carboxylic acids is 2. The normalized spacial score (nSPS) is 20.9. The van der Waals surface area contributed by atoms with Gasteiger partial charge in [0.2, 0.25) is 11.8 Å². The van der Waals surface area contributed by atoms with Crippen LogP contribution in [0, 0.1) is 0 Å². The molecular weight excluding hydrogens is 286 g/mol. The number of nitrogens with zero attached hydrogens (tertiary/aromatic N) is 1. The average Bonchev–Trinajstić information content (AvgIpc) is 2.85. The molecule has 0 aromatic carbocycles. The van der Waals surface area contributed by atoms with E-state index in [2.05, 4.69) is 22.5 Å². The first-order chi connectivity index (χ1) is 9.71. The highest BCUT2D eigenvalue weighted by atomic mass is 32.2. The third kappa shape index (κ3) is 5.02. The molecule has 2 amide bonds. The van der Waals surface area contributed by atoms with E-state index < -0.39 is 5.54 Å². The van der Waals surface area contributed by atoms with E-state index in [0.717, 1.165) is 18.6 Å². The lowest BCUT2D eigenvalue weighted by atomic mass is 9.83. The second-order valence-electron chi connectivity index (χ2n) is 6.56. The minimum Gasteiger partial charge on any atom is -0.349 e. The van der Waals surface area contributed by atoms with Crippen molar-refractivity contribution in [3.05, 3.63) is 0 Å². The van der Waals surface area contributed by atoms with Crippen LogP contribution in [0.1, 0.15) is 53.9 Å². The van der Waals surface area contributed by atoms with Crippen LogP contribution in [-0.2, 0) is 9.59 Å². The van der Waals surface area contributed by atoms with Gasteiger partial charge in [-0.05, 0) is 27.2 Å². The molecule has 21 heavy (non-hydrogen) atoms. The van der Waals surface area contributed by atoms with Crippen LogP contribution in [0.3, 0.4) is 0 Å². The zero-order chi connectivity index (χ0) is 16.1. The van der Waals surface area contributed by atoms with Gasteiger partial charge in [0.1, 0.15) is 5.54 Å². The molecule has 1 rings (SSSR count). The van der Waals surface area contributed by atoms with Crippen LogP contribution in [0.2, 0.25) is 0 Å². The summed E-state index contributed by atoms with van der Waals surface area (Å²) in [6.07, 6.45) is 2.44. The molecule has 0 fully saturated rings. The van der Waals surface area contributed by atoms with Gasteiger partial charge in [-0.25, -0.2) is 0 Å². The molecular formula is C15H27N3O2S. The predicted molar refractivity (Wildman–Crippen MR) is 88.7 cm³/mol. The molecule has 120 valence electrons. The Hall–Kier alpha value is -1.04. The number of nitrogens with one attached hydrogen (secondary N) is 2. The molecule has 1 heterocycles. The van der Waals surface area contributed by atoms with Crippen molar-refractivity contribution in [2.75, 3.05) is 5.75 Å². The lowest BCUT2D eigenvalue weighted by Gasteiger charge is -2.38. The second-order valence-corrected chi connectivity index (χ2v) is 7.44. The number of hydrogen-bond donors (Lipinski definition) is 2. The number of unbranched alkanes of at least 4 members (excludes halogenated alkanes) is 1. The number of thioether (sulfide) groups is 1. The summed E-state index contributed by atoms with van der Waals surface area (Å²) in [5, 5.41) is 5.93. The molecule has 2 unspecified atom stereocenters. The summed E-state index contributed by atoms with van der Waals surface area (Å²) < 4.78 is 0. The van der Waals surface area contributed by atoms with Crippen LogP contribution >= 0.6 is 11.8 Å². The van der Waals surface area contributed by atoms with Crippen molar-refractivity contribution in [3.63, 3.8) is 0 Å². The van der Waals surface area contributed by atoms with E-state index in [-0.39, 0.29) is 23.4 Å². The van der Waals surface area contributed by atoms with E-state index in [1.807, 2.05) is 20.8 Å². The molecule has 0 saturated carbocycles. The molecule has 1 aliphatic heterocycles. The Bertz CT molecular complexity index is 418. The molecule has 0 aromatic rings. The van der Waals surface area contributed by atoms with Gasteiger partial charge >= 0.3 is 0 Å². The zero-order valence-corrected chi connectivity index (χ0v) is 14.5. The van der Waals surface area contributed by atoms with Crippen LogP contribution < -0.4 is 10.6 Å². The van der Waals surface area contributed by atoms with Crippen molar-refractivity contribution in [1.82, 2.24) is 10.6 Å². The summed E-state index contributed by atoms with van der Waals surface area (Å²) in [6, 6.07) is -0.208. The molecule has 0 bridgehead atoms. The van der Waals surface area contributed by atoms with E-state index in [4.69, 9.17) is 0 Å². The van der Waals surface area contributed by atoms with E-state index in [9.17, 15) is 9.59 Å². The van der Waals surface area contributed by atoms with Gasteiger partial charge in [0.15, 0.2) is 0 Å². The Morgan fingerprint density at radius 1 is 1.33 bits per heavy atom. The molecule has 0 aromatic heterocycles. The third-order valence-corrected chi connectivity index (χ3v) is 4.13. The van der Waals surface area contributed by atoms with Gasteiger partial charge < -0.3 is 10.6 Å². The molecule has 0 radical (unpaired) electrons. The van der Waals surface area contributed by atoms with Gasteiger partial charge in [0.25, 0.3) is 0 Å². The fourth-order valence-electron chi connectivity index (χ4n) is 2.42. The third-order valence-electron chi connectivity index (χ3n) is 3.36. The number of hydrogen-bond acceptors (Lipinski definition) is 4. The van der Waals surface area contributed by atoms with Crippen LogP contribution in [0.5, 0.6) is 0 Å². The van der Waals surface area contributed by atoms with Gasteiger partial charge in [-0.1, -0.05) is 19.8 Å². The molecule has 2 atom stereocenters. The second kappa shape index (κ2) is 7.29. The van der Waals surface area contributed by atoms with E-state index in [0.29, 0.717) is 6.42 Å². The summed E-state index contributed by atoms with van der Waals surface area (Å²) >= 11 is 1.58. The first-order valence-corrected chi connectivity index (χ1v) is 8.51. The first-order valence-electron chi connectivity index (χ1n) is 7.46. The number of rotatable bonds is 6. The zero-order valence-electron chi connectivity index (χ0n) is 13.7. The van der Waals surface area contributed by atoms with E-state index in [1.165, 1.54) is 6.92 Å². The van der Waals surface area contributed by atoms with Crippen molar-refractivity contribution in [3.8, 4) is 0 Å². The Morgan fingerprint density at radius 2 is 2.00 bits per heavy atom. The number of carbonyl (C=O) groups is 2. The Morgan fingerprint density at radius 3 is 2.43 bits per heavy atom. The Balaban J connectivity index is 3.11. The molecule has 0 spiro atoms. The molecule has 5 nitrogen and oxygen atoms in total. The summed E-state index contributed by atoms with van der Waals surface area (Å²) in [5.74, 6) is 0.396. The summed E-state index contributed by atoms with van der Waals surface area (Å²) in [6.45, 7) is 9.35. The van der Waals surface area contributed by atoms with Gasteiger partial charge in [-0.3, -0.25) is 14.6 Å². The Kier molecular flexibility index (Phi) is 6.25. The highest BCUT2D eigenvalue weighted by Gasteiger charge is 2.47. The number of aliphatic imine (C=N–C) groups is 1. The summed E-state index contributed by atoms with van der Waals surface area (Å²) in [4.78, 5) is 29.0. The van der Waals surface area contributed by atoms with Crippen molar-refractivity contribution in [2.24, 2.45) is 4.99 Å². The lowest BCUT2D eigenvalue weighted by Crippen LogP contribution is -2.66. The van der Waals surface area contributed by atoms with Crippen LogP contribution in [0.25, 0.3) is 0 Å². The first kappa shape index (κ1) is 18.0. The summed E-state index contributed by atoms with van der Waals surface area (Å²) in [7, 11) is 0. The molecule has 1 aliphatic rings. The van der Waals surface area contributed by atoms with E-state index in [1.54, 1.807) is 17.3 Å². The maximum atomic E-state index is 12.9. The number of amides is 2. The smallest absolute Gasteiger partial charge is 0.248 e. The van der Waals surface area contributed by atoms with Gasteiger partial charge in [0.05, 0.1) is 11.6 Å². The molecule has 0 aliphatic carbocycles. The fraction of sp³-hybridized carbons (Fsp3) is 0.800. The maximum Gasteiger partial charge on any atom is 0.248 e. The van der Waals surface area contributed by atoms with Gasteiger partial charge in [-0.2, -0.15) is 0 Å².